The molecule has 3 rings (SSSR count). The Kier molecular flexibility index (Phi) is 4.68. The molecule has 2 aromatic rings. The van der Waals surface area contributed by atoms with Gasteiger partial charge in [0, 0.05) is 30.9 Å². The fourth-order valence-electron chi connectivity index (χ4n) is 2.59. The maximum Gasteiger partial charge on any atom is 0.192 e. The topological polar surface area (TPSA) is 60.7 Å². The van der Waals surface area contributed by atoms with E-state index in [9.17, 15) is 4.79 Å². The second-order valence-electron chi connectivity index (χ2n) is 5.26. The highest BCUT2D eigenvalue weighted by molar-refractivity contribution is 8.00. The van der Waals surface area contributed by atoms with Crippen molar-refractivity contribution in [2.24, 2.45) is 0 Å². The summed E-state index contributed by atoms with van der Waals surface area (Å²) in [6, 6.07) is 3.81. The van der Waals surface area contributed by atoms with Crippen LogP contribution in [0.3, 0.4) is 0 Å². The lowest BCUT2D eigenvalue weighted by Gasteiger charge is -2.19. The zero-order valence-corrected chi connectivity index (χ0v) is 13.1. The molecule has 0 radical (unpaired) electrons. The van der Waals surface area contributed by atoms with E-state index in [0.717, 1.165) is 35.8 Å². The lowest BCUT2D eigenvalue weighted by atomic mass is 9.99. The van der Waals surface area contributed by atoms with Crippen molar-refractivity contribution < 1.29 is 4.79 Å². The molecule has 1 fully saturated rings. The Morgan fingerprint density at radius 2 is 2.14 bits per heavy atom. The summed E-state index contributed by atoms with van der Waals surface area (Å²) in [6.45, 7) is 4.43. The number of aromatic nitrogens is 4. The van der Waals surface area contributed by atoms with E-state index in [2.05, 4.69) is 21.8 Å². The smallest absolute Gasteiger partial charge is 0.192 e. The van der Waals surface area contributed by atoms with Crippen LogP contribution < -0.4 is 0 Å². The number of thioether (sulfide) groups is 1. The second-order valence-corrected chi connectivity index (χ2v) is 6.43. The average Bonchev–Trinajstić information content (AvgIpc) is 2.94. The molecule has 114 valence electrons. The number of hydrogen-bond donors (Lipinski definition) is 0. The van der Waals surface area contributed by atoms with Gasteiger partial charge < -0.3 is 0 Å². The third-order valence-corrected chi connectivity index (χ3v) is 5.01. The lowest BCUT2D eigenvalue weighted by Crippen LogP contribution is -2.21. The van der Waals surface area contributed by atoms with Crippen molar-refractivity contribution in [3.8, 4) is 11.4 Å². The summed E-state index contributed by atoms with van der Waals surface area (Å²) >= 11 is 1.53. The zero-order valence-electron chi connectivity index (χ0n) is 12.3. The maximum absolute atomic E-state index is 12.0. The first kappa shape index (κ1) is 15.0. The zero-order chi connectivity index (χ0) is 15.4. The predicted octanol–water partition coefficient (Wildman–Crippen LogP) is 3.13. The summed E-state index contributed by atoms with van der Waals surface area (Å²) in [7, 11) is 0. The van der Waals surface area contributed by atoms with Crippen LogP contribution in [0.2, 0.25) is 0 Å². The molecule has 0 saturated heterocycles. The maximum atomic E-state index is 12.0. The summed E-state index contributed by atoms with van der Waals surface area (Å²) < 4.78 is 2.01. The minimum absolute atomic E-state index is 0.00630. The standard InChI is InChI=1S/C16H18N4OS/c1-2-11-20-15(12-7-9-17-10-8-12)18-19-16(20)22-14-6-4-3-5-13(14)21/h2,7-10,14H,1,3-6,11H2/t14-/m0/s1. The molecule has 0 bridgehead atoms. The van der Waals surface area contributed by atoms with Crippen LogP contribution in [0, 0.1) is 0 Å². The molecule has 1 aliphatic rings. The Labute approximate surface area is 133 Å². The van der Waals surface area contributed by atoms with Crippen LogP contribution in [0.1, 0.15) is 25.7 Å². The largest absolute Gasteiger partial charge is 0.298 e. The molecule has 1 atom stereocenters. The highest BCUT2D eigenvalue weighted by Gasteiger charge is 2.26. The number of rotatable bonds is 5. The summed E-state index contributed by atoms with van der Waals surface area (Å²) in [4.78, 5) is 16.1. The SMILES string of the molecule is C=CCn1c(S[C@H]2CCCCC2=O)nnc1-c1ccncc1. The van der Waals surface area contributed by atoms with Gasteiger partial charge in [0.05, 0.1) is 5.25 Å². The van der Waals surface area contributed by atoms with Gasteiger partial charge in [-0.25, -0.2) is 0 Å². The fraction of sp³-hybridized carbons (Fsp3) is 0.375. The van der Waals surface area contributed by atoms with Gasteiger partial charge in [-0.15, -0.1) is 16.8 Å². The van der Waals surface area contributed by atoms with Gasteiger partial charge in [-0.05, 0) is 25.0 Å². The quantitative estimate of drug-likeness (QED) is 0.794. The van der Waals surface area contributed by atoms with Crippen LogP contribution in [0.15, 0.2) is 42.3 Å². The van der Waals surface area contributed by atoms with Gasteiger partial charge in [0.2, 0.25) is 0 Å². The van der Waals surface area contributed by atoms with Crippen molar-refractivity contribution in [2.75, 3.05) is 0 Å². The van der Waals surface area contributed by atoms with Crippen LogP contribution in [-0.2, 0) is 11.3 Å². The van der Waals surface area contributed by atoms with Gasteiger partial charge in [0.25, 0.3) is 0 Å². The molecule has 5 nitrogen and oxygen atoms in total. The van der Waals surface area contributed by atoms with Crippen LogP contribution in [-0.4, -0.2) is 30.8 Å². The third-order valence-electron chi connectivity index (χ3n) is 3.71. The second kappa shape index (κ2) is 6.87. The van der Waals surface area contributed by atoms with Crippen molar-refractivity contribution in [1.82, 2.24) is 19.7 Å². The molecule has 6 heteroatoms. The molecule has 0 aliphatic heterocycles. The summed E-state index contributed by atoms with van der Waals surface area (Å²) in [5.41, 5.74) is 0.964. The molecular formula is C16H18N4OS. The molecule has 2 heterocycles. The van der Waals surface area contributed by atoms with Gasteiger partial charge in [0.15, 0.2) is 11.0 Å². The number of pyridine rings is 1. The van der Waals surface area contributed by atoms with Gasteiger partial charge in [-0.1, -0.05) is 24.3 Å². The van der Waals surface area contributed by atoms with Gasteiger partial charge in [-0.2, -0.15) is 0 Å². The predicted molar refractivity (Wildman–Crippen MR) is 86.6 cm³/mol. The van der Waals surface area contributed by atoms with Crippen LogP contribution in [0.25, 0.3) is 11.4 Å². The first-order chi connectivity index (χ1) is 10.8. The van der Waals surface area contributed by atoms with Crippen molar-refractivity contribution in [3.63, 3.8) is 0 Å². The minimum atomic E-state index is 0.00630. The molecule has 22 heavy (non-hydrogen) atoms. The monoisotopic (exact) mass is 314 g/mol. The number of carbonyl (C=O) groups excluding carboxylic acids is 1. The van der Waals surface area contributed by atoms with E-state index >= 15 is 0 Å². The Morgan fingerprint density at radius 3 is 2.86 bits per heavy atom. The van der Waals surface area contributed by atoms with E-state index in [0.29, 0.717) is 18.7 Å². The Morgan fingerprint density at radius 1 is 1.32 bits per heavy atom. The van der Waals surface area contributed by atoms with Crippen molar-refractivity contribution in [1.29, 1.82) is 0 Å². The van der Waals surface area contributed by atoms with Crippen molar-refractivity contribution in [2.45, 2.75) is 42.6 Å². The van der Waals surface area contributed by atoms with E-state index in [-0.39, 0.29) is 5.25 Å². The van der Waals surface area contributed by atoms with Crippen LogP contribution in [0.4, 0.5) is 0 Å². The number of Topliss-reactive ketones (excluding diaryl/α,β-unsaturated/α-hetero) is 1. The number of allylic oxidation sites excluding steroid dienone is 1. The van der Waals surface area contributed by atoms with Gasteiger partial charge >= 0.3 is 0 Å². The highest BCUT2D eigenvalue weighted by Crippen LogP contribution is 2.32. The Balaban J connectivity index is 1.89. The van der Waals surface area contributed by atoms with Gasteiger partial charge in [-0.3, -0.25) is 14.3 Å². The number of ketones is 1. The van der Waals surface area contributed by atoms with Crippen molar-refractivity contribution >= 4 is 17.5 Å². The molecular weight excluding hydrogens is 296 g/mol. The third kappa shape index (κ3) is 3.11. The number of carbonyl (C=O) groups is 1. The molecule has 0 aromatic carbocycles. The molecule has 0 unspecified atom stereocenters. The molecule has 0 amide bonds. The first-order valence-corrected chi connectivity index (χ1v) is 8.31. The van der Waals surface area contributed by atoms with E-state index in [4.69, 9.17) is 0 Å². The van der Waals surface area contributed by atoms with E-state index in [1.54, 1.807) is 12.4 Å². The van der Waals surface area contributed by atoms with Gasteiger partial charge in [0.1, 0.15) is 5.78 Å². The first-order valence-electron chi connectivity index (χ1n) is 7.43. The molecule has 0 N–H and O–H groups in total. The lowest BCUT2D eigenvalue weighted by molar-refractivity contribution is -0.119. The molecule has 1 aliphatic carbocycles. The Bertz CT molecular complexity index is 668. The number of hydrogen-bond acceptors (Lipinski definition) is 5. The fourth-order valence-corrected chi connectivity index (χ4v) is 3.75. The number of nitrogens with zero attached hydrogens (tertiary/aromatic N) is 4. The summed E-state index contributed by atoms with van der Waals surface area (Å²) in [6.07, 6.45) is 9.02. The highest BCUT2D eigenvalue weighted by atomic mass is 32.2. The van der Waals surface area contributed by atoms with E-state index in [1.165, 1.54) is 11.8 Å². The molecule has 2 aromatic heterocycles. The molecule has 0 spiro atoms. The Hall–Kier alpha value is -1.95. The summed E-state index contributed by atoms with van der Waals surface area (Å²) in [5, 5.41) is 9.39. The van der Waals surface area contributed by atoms with Crippen LogP contribution >= 0.6 is 11.8 Å². The van der Waals surface area contributed by atoms with E-state index in [1.807, 2.05) is 22.8 Å². The normalized spacial score (nSPS) is 18.4. The van der Waals surface area contributed by atoms with Crippen molar-refractivity contribution in [3.05, 3.63) is 37.2 Å². The van der Waals surface area contributed by atoms with E-state index < -0.39 is 0 Å². The van der Waals surface area contributed by atoms with Crippen LogP contribution in [0.5, 0.6) is 0 Å². The summed E-state index contributed by atoms with van der Waals surface area (Å²) in [5.74, 6) is 1.11. The average molecular weight is 314 g/mol. The minimum Gasteiger partial charge on any atom is -0.298 e. The molecule has 1 saturated carbocycles.